The van der Waals surface area contributed by atoms with E-state index in [0.717, 1.165) is 11.3 Å². The molecule has 0 N–H and O–H groups in total. The molecule has 0 aliphatic carbocycles. The largest absolute Gasteiger partial charge is 0.497 e. The molecule has 0 spiro atoms. The van der Waals surface area contributed by atoms with E-state index in [-0.39, 0.29) is 23.5 Å². The van der Waals surface area contributed by atoms with Crippen molar-refractivity contribution in [3.8, 4) is 11.5 Å². The van der Waals surface area contributed by atoms with Crippen molar-refractivity contribution in [2.45, 2.75) is 19.0 Å². The van der Waals surface area contributed by atoms with Gasteiger partial charge < -0.3 is 14.4 Å². The molecule has 0 aromatic heterocycles. The highest BCUT2D eigenvalue weighted by Crippen LogP contribution is 2.26. The van der Waals surface area contributed by atoms with Crippen LogP contribution in [0.1, 0.15) is 22.3 Å². The van der Waals surface area contributed by atoms with Crippen molar-refractivity contribution in [2.24, 2.45) is 0 Å². The molecule has 144 valence electrons. The van der Waals surface area contributed by atoms with E-state index < -0.39 is 9.84 Å². The molecule has 27 heavy (non-hydrogen) atoms. The van der Waals surface area contributed by atoms with Crippen LogP contribution in [0.4, 0.5) is 0 Å². The van der Waals surface area contributed by atoms with Crippen molar-refractivity contribution in [1.29, 1.82) is 0 Å². The lowest BCUT2D eigenvalue weighted by atomic mass is 10.1. The number of amides is 1. The summed E-state index contributed by atoms with van der Waals surface area (Å²) < 4.78 is 34.5. The van der Waals surface area contributed by atoms with E-state index >= 15 is 0 Å². The first kappa shape index (κ1) is 19.2. The third-order valence-corrected chi connectivity index (χ3v) is 6.51. The predicted octanol–water partition coefficient (Wildman–Crippen LogP) is 2.53. The van der Waals surface area contributed by atoms with Crippen molar-refractivity contribution < 1.29 is 22.7 Å². The Kier molecular flexibility index (Phi) is 5.70. The highest BCUT2D eigenvalue weighted by molar-refractivity contribution is 7.91. The van der Waals surface area contributed by atoms with Gasteiger partial charge in [0.1, 0.15) is 11.5 Å². The second-order valence-corrected chi connectivity index (χ2v) is 8.77. The Labute approximate surface area is 159 Å². The van der Waals surface area contributed by atoms with Crippen LogP contribution in [0.2, 0.25) is 0 Å². The number of sulfone groups is 1. The number of rotatable bonds is 6. The van der Waals surface area contributed by atoms with Gasteiger partial charge in [-0.2, -0.15) is 0 Å². The fourth-order valence-corrected chi connectivity index (χ4v) is 5.02. The molecule has 2 aromatic rings. The first-order chi connectivity index (χ1) is 12.9. The minimum atomic E-state index is -3.12. The zero-order valence-corrected chi connectivity index (χ0v) is 16.2. The number of hydrogen-bond acceptors (Lipinski definition) is 5. The minimum Gasteiger partial charge on any atom is -0.497 e. The van der Waals surface area contributed by atoms with Gasteiger partial charge in [-0.1, -0.05) is 24.3 Å². The normalized spacial score (nSPS) is 18.1. The molecule has 1 saturated heterocycles. The number of para-hydroxylation sites is 1. The van der Waals surface area contributed by atoms with E-state index in [1.54, 1.807) is 36.3 Å². The summed E-state index contributed by atoms with van der Waals surface area (Å²) >= 11 is 0. The first-order valence-electron chi connectivity index (χ1n) is 8.71. The Hall–Kier alpha value is -2.54. The average Bonchev–Trinajstić information content (AvgIpc) is 3.05. The maximum absolute atomic E-state index is 13.3. The van der Waals surface area contributed by atoms with Crippen molar-refractivity contribution in [3.05, 3.63) is 59.7 Å². The van der Waals surface area contributed by atoms with Gasteiger partial charge in [-0.05, 0) is 36.2 Å². The van der Waals surface area contributed by atoms with E-state index in [1.165, 1.54) is 7.11 Å². The molecular formula is C20H23NO5S. The molecule has 7 heteroatoms. The molecule has 2 aromatic carbocycles. The van der Waals surface area contributed by atoms with Gasteiger partial charge >= 0.3 is 0 Å². The number of carbonyl (C=O) groups is 1. The van der Waals surface area contributed by atoms with E-state index in [4.69, 9.17) is 9.47 Å². The number of ether oxygens (including phenoxy) is 2. The topological polar surface area (TPSA) is 72.9 Å². The second kappa shape index (κ2) is 8.00. The molecule has 0 saturated carbocycles. The Bertz CT molecular complexity index is 908. The van der Waals surface area contributed by atoms with Crippen molar-refractivity contribution in [1.82, 2.24) is 4.90 Å². The zero-order chi connectivity index (χ0) is 19.4. The molecule has 6 nitrogen and oxygen atoms in total. The van der Waals surface area contributed by atoms with Gasteiger partial charge in [0.2, 0.25) is 0 Å². The fourth-order valence-electron chi connectivity index (χ4n) is 3.29. The summed E-state index contributed by atoms with van der Waals surface area (Å²) in [6.07, 6.45) is 0.444. The number of nitrogens with zero attached hydrogens (tertiary/aromatic N) is 1. The van der Waals surface area contributed by atoms with E-state index in [2.05, 4.69) is 0 Å². The van der Waals surface area contributed by atoms with Crippen molar-refractivity contribution >= 4 is 15.7 Å². The molecule has 1 aliphatic heterocycles. The molecule has 1 atom stereocenters. The molecule has 1 aliphatic rings. The average molecular weight is 389 g/mol. The summed E-state index contributed by atoms with van der Waals surface area (Å²) in [5, 5.41) is 0. The highest BCUT2D eigenvalue weighted by Gasteiger charge is 2.35. The van der Waals surface area contributed by atoms with Crippen LogP contribution in [0.25, 0.3) is 0 Å². The lowest BCUT2D eigenvalue weighted by Gasteiger charge is -2.29. The Morgan fingerprint density at radius 1 is 1.07 bits per heavy atom. The van der Waals surface area contributed by atoms with E-state index in [1.807, 2.05) is 24.3 Å². The van der Waals surface area contributed by atoms with Crippen LogP contribution in [0, 0.1) is 0 Å². The van der Waals surface area contributed by atoms with Gasteiger partial charge in [0.15, 0.2) is 9.84 Å². The molecule has 0 radical (unpaired) electrons. The molecular weight excluding hydrogens is 366 g/mol. The summed E-state index contributed by atoms with van der Waals surface area (Å²) in [5.41, 5.74) is 1.33. The van der Waals surface area contributed by atoms with Crippen LogP contribution in [-0.2, 0) is 16.4 Å². The summed E-state index contributed by atoms with van der Waals surface area (Å²) in [7, 11) is -0.0130. The minimum absolute atomic E-state index is 0.00988. The van der Waals surface area contributed by atoms with Crippen molar-refractivity contribution in [2.75, 3.05) is 25.7 Å². The summed E-state index contributed by atoms with van der Waals surface area (Å²) in [4.78, 5) is 14.9. The third kappa shape index (κ3) is 4.42. The highest BCUT2D eigenvalue weighted by atomic mass is 32.2. The van der Waals surface area contributed by atoms with Gasteiger partial charge in [0.25, 0.3) is 5.91 Å². The zero-order valence-electron chi connectivity index (χ0n) is 15.4. The fraction of sp³-hybridized carbons (Fsp3) is 0.350. The first-order valence-corrected chi connectivity index (χ1v) is 10.5. The summed E-state index contributed by atoms with van der Waals surface area (Å²) in [5.74, 6) is 1.07. The van der Waals surface area contributed by atoms with Crippen LogP contribution >= 0.6 is 0 Å². The summed E-state index contributed by atoms with van der Waals surface area (Å²) in [6.45, 7) is 0.320. The standard InChI is InChI=1S/C20H23NO5S/c1-25-17-9-7-15(8-10-17)13-21(16-11-12-27(23,24)14-16)20(22)18-5-3-4-6-19(18)26-2/h3-10,16H,11-14H2,1-2H3/t16-/m0/s1. The number of carbonyl (C=O) groups excluding carboxylic acids is 1. The van der Waals surface area contributed by atoms with Crippen molar-refractivity contribution in [3.63, 3.8) is 0 Å². The van der Waals surface area contributed by atoms with Gasteiger partial charge in [-0.25, -0.2) is 8.42 Å². The van der Waals surface area contributed by atoms with Crippen LogP contribution in [0.15, 0.2) is 48.5 Å². The van der Waals surface area contributed by atoms with Crippen LogP contribution in [-0.4, -0.2) is 51.0 Å². The van der Waals surface area contributed by atoms with Gasteiger partial charge in [0.05, 0.1) is 31.3 Å². The van der Waals surface area contributed by atoms with Crippen LogP contribution < -0.4 is 9.47 Å². The third-order valence-electron chi connectivity index (χ3n) is 4.76. The Balaban J connectivity index is 1.92. The Morgan fingerprint density at radius 3 is 2.37 bits per heavy atom. The molecule has 3 rings (SSSR count). The SMILES string of the molecule is COc1ccc(CN(C(=O)c2ccccc2OC)[C@H]2CCS(=O)(=O)C2)cc1. The number of methoxy groups -OCH3 is 2. The molecule has 1 amide bonds. The predicted molar refractivity (Wildman–Crippen MR) is 103 cm³/mol. The van der Waals surface area contributed by atoms with E-state index in [9.17, 15) is 13.2 Å². The molecule has 0 unspecified atom stereocenters. The summed E-state index contributed by atoms with van der Waals surface area (Å²) in [6, 6.07) is 14.1. The maximum Gasteiger partial charge on any atom is 0.258 e. The molecule has 0 bridgehead atoms. The molecule has 1 fully saturated rings. The maximum atomic E-state index is 13.3. The lowest BCUT2D eigenvalue weighted by Crippen LogP contribution is -2.40. The monoisotopic (exact) mass is 389 g/mol. The number of hydrogen-bond donors (Lipinski definition) is 0. The Morgan fingerprint density at radius 2 is 1.78 bits per heavy atom. The van der Waals surface area contributed by atoms with Gasteiger partial charge in [0, 0.05) is 12.6 Å². The van der Waals surface area contributed by atoms with E-state index in [0.29, 0.717) is 24.3 Å². The lowest BCUT2D eigenvalue weighted by molar-refractivity contribution is 0.0677. The quantitative estimate of drug-likeness (QED) is 0.759. The molecule has 1 heterocycles. The number of benzene rings is 2. The van der Waals surface area contributed by atoms with Crippen LogP contribution in [0.5, 0.6) is 11.5 Å². The van der Waals surface area contributed by atoms with Gasteiger partial charge in [-0.15, -0.1) is 0 Å². The smallest absolute Gasteiger partial charge is 0.258 e. The second-order valence-electron chi connectivity index (χ2n) is 6.54. The van der Waals surface area contributed by atoms with Crippen LogP contribution in [0.3, 0.4) is 0 Å². The van der Waals surface area contributed by atoms with Gasteiger partial charge in [-0.3, -0.25) is 4.79 Å².